The summed E-state index contributed by atoms with van der Waals surface area (Å²) in [7, 11) is 1.35. The summed E-state index contributed by atoms with van der Waals surface area (Å²) >= 11 is 0. The van der Waals surface area contributed by atoms with Crippen LogP contribution < -0.4 is 4.74 Å². The Morgan fingerprint density at radius 1 is 1.17 bits per heavy atom. The van der Waals surface area contributed by atoms with Crippen molar-refractivity contribution in [2.45, 2.75) is 6.61 Å². The lowest BCUT2D eigenvalue weighted by atomic mass is 10.2. The van der Waals surface area contributed by atoms with E-state index in [0.717, 1.165) is 28.2 Å². The van der Waals surface area contributed by atoms with Crippen LogP contribution in [0.5, 0.6) is 5.75 Å². The zero-order chi connectivity index (χ0) is 16.1. The molecule has 0 saturated heterocycles. The molecule has 5 heteroatoms. The van der Waals surface area contributed by atoms with Gasteiger partial charge >= 0.3 is 5.97 Å². The molecule has 0 radical (unpaired) electrons. The topological polar surface area (TPSA) is 64.2 Å². The molecule has 0 aliphatic heterocycles. The van der Waals surface area contributed by atoms with Crippen LogP contribution in [0.3, 0.4) is 0 Å². The number of aromatic amines is 1. The molecule has 3 aromatic rings. The Bertz CT molecular complexity index is 802. The van der Waals surface area contributed by atoms with E-state index < -0.39 is 0 Å². The molecule has 1 N–H and O–H groups in total. The number of fused-ring (bicyclic) bond motifs is 1. The van der Waals surface area contributed by atoms with Gasteiger partial charge in [0, 0.05) is 6.08 Å². The third-order valence-electron chi connectivity index (χ3n) is 3.31. The summed E-state index contributed by atoms with van der Waals surface area (Å²) in [6.07, 6.45) is 3.07. The molecule has 0 fully saturated rings. The SMILES string of the molecule is COC(=O)/C=C/c1ccc(OCc2nc3ccccc3[nH]2)cc1. The van der Waals surface area contributed by atoms with Gasteiger partial charge in [-0.2, -0.15) is 0 Å². The molecule has 0 aliphatic rings. The van der Waals surface area contributed by atoms with Crippen LogP contribution in [0, 0.1) is 0 Å². The van der Waals surface area contributed by atoms with Crippen molar-refractivity contribution in [2.24, 2.45) is 0 Å². The predicted octanol–water partition coefficient (Wildman–Crippen LogP) is 3.33. The van der Waals surface area contributed by atoms with E-state index in [0.29, 0.717) is 6.61 Å². The summed E-state index contributed by atoms with van der Waals surface area (Å²) in [5.41, 5.74) is 2.82. The number of hydrogen-bond donors (Lipinski definition) is 1. The van der Waals surface area contributed by atoms with Crippen molar-refractivity contribution in [2.75, 3.05) is 7.11 Å². The number of nitrogens with one attached hydrogen (secondary N) is 1. The lowest BCUT2D eigenvalue weighted by Crippen LogP contribution is -1.97. The molecule has 0 spiro atoms. The lowest BCUT2D eigenvalue weighted by Gasteiger charge is -2.04. The normalized spacial score (nSPS) is 11.0. The zero-order valence-electron chi connectivity index (χ0n) is 12.7. The molecule has 0 bridgehead atoms. The third kappa shape index (κ3) is 3.77. The molecule has 5 nitrogen and oxygen atoms in total. The fourth-order valence-corrected chi connectivity index (χ4v) is 2.13. The molecule has 3 rings (SSSR count). The van der Waals surface area contributed by atoms with Gasteiger partial charge in [0.25, 0.3) is 0 Å². The molecule has 1 heterocycles. The molecule has 1 aromatic heterocycles. The lowest BCUT2D eigenvalue weighted by molar-refractivity contribution is -0.134. The molecule has 116 valence electrons. The zero-order valence-corrected chi connectivity index (χ0v) is 12.7. The maximum atomic E-state index is 11.0. The second-order valence-corrected chi connectivity index (χ2v) is 4.91. The molecule has 0 amide bonds. The standard InChI is InChI=1S/C18H16N2O3/c1-22-18(21)11-8-13-6-9-14(10-7-13)23-12-17-19-15-4-2-3-5-16(15)20-17/h2-11H,12H2,1H3,(H,19,20)/b11-8+. The minimum Gasteiger partial charge on any atom is -0.486 e. The number of hydrogen-bond acceptors (Lipinski definition) is 4. The Labute approximate surface area is 133 Å². The van der Waals surface area contributed by atoms with Crippen LogP contribution in [0.1, 0.15) is 11.4 Å². The maximum Gasteiger partial charge on any atom is 0.330 e. The van der Waals surface area contributed by atoms with Crippen LogP contribution in [-0.2, 0) is 16.1 Å². The fraction of sp³-hybridized carbons (Fsp3) is 0.111. The molecular weight excluding hydrogens is 292 g/mol. The number of aromatic nitrogens is 2. The van der Waals surface area contributed by atoms with E-state index >= 15 is 0 Å². The summed E-state index contributed by atoms with van der Waals surface area (Å²) in [4.78, 5) is 18.7. The second-order valence-electron chi connectivity index (χ2n) is 4.91. The van der Waals surface area contributed by atoms with Crippen molar-refractivity contribution in [3.8, 4) is 5.75 Å². The van der Waals surface area contributed by atoms with E-state index in [1.165, 1.54) is 13.2 Å². The largest absolute Gasteiger partial charge is 0.486 e. The predicted molar refractivity (Wildman–Crippen MR) is 87.9 cm³/mol. The molecule has 2 aromatic carbocycles. The Hall–Kier alpha value is -3.08. The van der Waals surface area contributed by atoms with Crippen LogP contribution in [0.25, 0.3) is 17.1 Å². The van der Waals surface area contributed by atoms with Crippen molar-refractivity contribution < 1.29 is 14.3 Å². The first-order chi connectivity index (χ1) is 11.2. The van der Waals surface area contributed by atoms with Crippen LogP contribution in [0.4, 0.5) is 0 Å². The van der Waals surface area contributed by atoms with Crippen molar-refractivity contribution in [1.29, 1.82) is 0 Å². The monoisotopic (exact) mass is 308 g/mol. The summed E-state index contributed by atoms with van der Waals surface area (Å²) < 4.78 is 10.3. The van der Waals surface area contributed by atoms with Gasteiger partial charge < -0.3 is 14.5 Å². The Kier molecular flexibility index (Phi) is 4.38. The van der Waals surface area contributed by atoms with E-state index in [1.54, 1.807) is 6.08 Å². The van der Waals surface area contributed by atoms with Crippen LogP contribution in [-0.4, -0.2) is 23.0 Å². The molecule has 0 unspecified atom stereocenters. The van der Waals surface area contributed by atoms with Gasteiger partial charge in [0.2, 0.25) is 0 Å². The number of carbonyl (C=O) groups excluding carboxylic acids is 1. The highest BCUT2D eigenvalue weighted by Gasteiger charge is 2.03. The third-order valence-corrected chi connectivity index (χ3v) is 3.31. The molecule has 23 heavy (non-hydrogen) atoms. The van der Waals surface area contributed by atoms with Gasteiger partial charge in [-0.05, 0) is 35.9 Å². The number of esters is 1. The molecular formula is C18H16N2O3. The Morgan fingerprint density at radius 2 is 1.96 bits per heavy atom. The summed E-state index contributed by atoms with van der Waals surface area (Å²) in [5.74, 6) is 1.14. The number of H-pyrrole nitrogens is 1. The van der Waals surface area contributed by atoms with Gasteiger partial charge in [-0.25, -0.2) is 9.78 Å². The van der Waals surface area contributed by atoms with Gasteiger partial charge in [-0.15, -0.1) is 0 Å². The van der Waals surface area contributed by atoms with E-state index in [9.17, 15) is 4.79 Å². The average molecular weight is 308 g/mol. The summed E-state index contributed by atoms with van der Waals surface area (Å²) in [6, 6.07) is 15.3. The first kappa shape index (κ1) is 14.8. The van der Waals surface area contributed by atoms with Crippen LogP contribution in [0.15, 0.2) is 54.6 Å². The highest BCUT2D eigenvalue weighted by Crippen LogP contribution is 2.16. The number of rotatable bonds is 5. The van der Waals surface area contributed by atoms with Crippen molar-refractivity contribution in [3.05, 3.63) is 66.0 Å². The average Bonchev–Trinajstić information content (AvgIpc) is 3.01. The number of ether oxygens (including phenoxy) is 2. The van der Waals surface area contributed by atoms with E-state index in [-0.39, 0.29) is 5.97 Å². The van der Waals surface area contributed by atoms with Crippen molar-refractivity contribution >= 4 is 23.1 Å². The number of benzene rings is 2. The van der Waals surface area contributed by atoms with Crippen molar-refractivity contribution in [1.82, 2.24) is 9.97 Å². The smallest absolute Gasteiger partial charge is 0.330 e. The number of imidazole rings is 1. The Balaban J connectivity index is 1.62. The quantitative estimate of drug-likeness (QED) is 0.580. The van der Waals surface area contributed by atoms with Crippen LogP contribution >= 0.6 is 0 Å². The Morgan fingerprint density at radius 3 is 2.70 bits per heavy atom. The van der Waals surface area contributed by atoms with Gasteiger partial charge in [-0.1, -0.05) is 24.3 Å². The fourth-order valence-electron chi connectivity index (χ4n) is 2.13. The number of carbonyl (C=O) groups is 1. The molecule has 0 atom stereocenters. The molecule has 0 saturated carbocycles. The second kappa shape index (κ2) is 6.79. The van der Waals surface area contributed by atoms with E-state index in [1.807, 2.05) is 48.5 Å². The first-order valence-electron chi connectivity index (χ1n) is 7.17. The minimum absolute atomic E-state index is 0.367. The van der Waals surface area contributed by atoms with Gasteiger partial charge in [0.15, 0.2) is 0 Å². The van der Waals surface area contributed by atoms with Gasteiger partial charge in [0.1, 0.15) is 18.2 Å². The highest BCUT2D eigenvalue weighted by atomic mass is 16.5. The maximum absolute atomic E-state index is 11.0. The van der Waals surface area contributed by atoms with E-state index in [2.05, 4.69) is 14.7 Å². The number of para-hydroxylation sites is 2. The van der Waals surface area contributed by atoms with Gasteiger partial charge in [0.05, 0.1) is 18.1 Å². The highest BCUT2D eigenvalue weighted by molar-refractivity contribution is 5.86. The molecule has 0 aliphatic carbocycles. The number of methoxy groups -OCH3 is 1. The number of nitrogens with zero attached hydrogens (tertiary/aromatic N) is 1. The van der Waals surface area contributed by atoms with Crippen LogP contribution in [0.2, 0.25) is 0 Å². The van der Waals surface area contributed by atoms with Gasteiger partial charge in [-0.3, -0.25) is 0 Å². The van der Waals surface area contributed by atoms with E-state index in [4.69, 9.17) is 4.74 Å². The summed E-state index contributed by atoms with van der Waals surface area (Å²) in [5, 5.41) is 0. The minimum atomic E-state index is -0.379. The van der Waals surface area contributed by atoms with Crippen molar-refractivity contribution in [3.63, 3.8) is 0 Å². The summed E-state index contributed by atoms with van der Waals surface area (Å²) in [6.45, 7) is 0.367. The first-order valence-corrected chi connectivity index (χ1v) is 7.17.